The molecule has 1 aromatic carbocycles. The second-order valence-electron chi connectivity index (χ2n) is 4.25. The predicted molar refractivity (Wildman–Crippen MR) is 75.9 cm³/mol. The quantitative estimate of drug-likeness (QED) is 0.876. The molecule has 0 aromatic heterocycles. The molecule has 0 saturated carbocycles. The van der Waals surface area contributed by atoms with Crippen LogP contribution >= 0.6 is 11.6 Å². The maximum Gasteiger partial charge on any atom is 0.183 e. The summed E-state index contributed by atoms with van der Waals surface area (Å²) < 4.78 is 25.0. The Balaban J connectivity index is 3.10. The second kappa shape index (κ2) is 6.55. The lowest BCUT2D eigenvalue weighted by atomic mass is 10.2. The van der Waals surface area contributed by atoms with Crippen molar-refractivity contribution in [2.75, 3.05) is 6.54 Å². The summed E-state index contributed by atoms with van der Waals surface area (Å²) in [6.07, 6.45) is 0.763. The molecule has 0 aliphatic rings. The molecule has 2 unspecified atom stereocenters. The Bertz CT molecular complexity index is 488. The molecule has 18 heavy (non-hydrogen) atoms. The molecule has 0 saturated heterocycles. The first-order valence-electron chi connectivity index (χ1n) is 6.16. The van der Waals surface area contributed by atoms with Crippen LogP contribution < -0.4 is 5.32 Å². The smallest absolute Gasteiger partial charge is 0.183 e. The van der Waals surface area contributed by atoms with Crippen molar-refractivity contribution >= 4 is 21.4 Å². The van der Waals surface area contributed by atoms with Crippen molar-refractivity contribution in [2.24, 2.45) is 0 Å². The Hall–Kier alpha value is -0.580. The van der Waals surface area contributed by atoms with Crippen LogP contribution in [0.1, 0.15) is 27.2 Å². The molecule has 5 heteroatoms. The van der Waals surface area contributed by atoms with Gasteiger partial charge >= 0.3 is 0 Å². The number of halogens is 1. The van der Waals surface area contributed by atoms with Gasteiger partial charge in [-0.15, -0.1) is 0 Å². The van der Waals surface area contributed by atoms with Crippen LogP contribution in [0.25, 0.3) is 0 Å². The minimum Gasteiger partial charge on any atom is -0.313 e. The molecule has 0 aliphatic heterocycles. The summed E-state index contributed by atoms with van der Waals surface area (Å²) in [5.41, 5.74) is 0. The molecule has 1 aromatic rings. The third-order valence-corrected chi connectivity index (χ3v) is 5.82. The van der Waals surface area contributed by atoms with Gasteiger partial charge in [0.25, 0.3) is 0 Å². The largest absolute Gasteiger partial charge is 0.313 e. The van der Waals surface area contributed by atoms with Crippen LogP contribution in [0.4, 0.5) is 0 Å². The van der Waals surface area contributed by atoms with E-state index in [1.807, 2.05) is 13.8 Å². The van der Waals surface area contributed by atoms with Crippen LogP contribution in [0.3, 0.4) is 0 Å². The molecule has 0 aliphatic carbocycles. The molecule has 0 spiro atoms. The Labute approximate surface area is 114 Å². The molecule has 3 nitrogen and oxygen atoms in total. The Morgan fingerprint density at radius 2 is 1.89 bits per heavy atom. The van der Waals surface area contributed by atoms with E-state index in [-0.39, 0.29) is 16.0 Å². The van der Waals surface area contributed by atoms with Crippen molar-refractivity contribution in [3.63, 3.8) is 0 Å². The number of nitrogens with one attached hydrogen (secondary N) is 1. The zero-order chi connectivity index (χ0) is 13.8. The van der Waals surface area contributed by atoms with E-state index in [1.54, 1.807) is 31.2 Å². The van der Waals surface area contributed by atoms with Gasteiger partial charge in [-0.25, -0.2) is 8.42 Å². The van der Waals surface area contributed by atoms with Crippen LogP contribution in [0.2, 0.25) is 5.02 Å². The first kappa shape index (κ1) is 15.5. The van der Waals surface area contributed by atoms with E-state index in [1.165, 1.54) is 0 Å². The first-order valence-corrected chi connectivity index (χ1v) is 8.09. The van der Waals surface area contributed by atoms with Crippen LogP contribution in [0, 0.1) is 0 Å². The van der Waals surface area contributed by atoms with E-state index in [0.717, 1.165) is 13.0 Å². The Morgan fingerprint density at radius 1 is 1.28 bits per heavy atom. The van der Waals surface area contributed by atoms with Crippen LogP contribution in [-0.4, -0.2) is 26.3 Å². The van der Waals surface area contributed by atoms with Gasteiger partial charge in [-0.2, -0.15) is 0 Å². The van der Waals surface area contributed by atoms with Gasteiger partial charge in [0.1, 0.15) is 0 Å². The average molecular weight is 290 g/mol. The van der Waals surface area contributed by atoms with Gasteiger partial charge in [0, 0.05) is 6.04 Å². The van der Waals surface area contributed by atoms with Gasteiger partial charge in [-0.3, -0.25) is 0 Å². The highest BCUT2D eigenvalue weighted by atomic mass is 35.5. The molecule has 0 radical (unpaired) electrons. The highest BCUT2D eigenvalue weighted by Crippen LogP contribution is 2.26. The molecule has 1 N–H and O–H groups in total. The first-order chi connectivity index (χ1) is 8.45. The number of hydrogen-bond donors (Lipinski definition) is 1. The fourth-order valence-corrected chi connectivity index (χ4v) is 4.18. The highest BCUT2D eigenvalue weighted by Gasteiger charge is 2.30. The second-order valence-corrected chi connectivity index (χ2v) is 6.93. The van der Waals surface area contributed by atoms with Gasteiger partial charge in [-0.1, -0.05) is 37.6 Å². The van der Waals surface area contributed by atoms with Gasteiger partial charge < -0.3 is 5.32 Å². The van der Waals surface area contributed by atoms with Crippen molar-refractivity contribution in [1.29, 1.82) is 0 Å². The minimum atomic E-state index is -3.40. The summed E-state index contributed by atoms with van der Waals surface area (Å²) in [7, 11) is -3.40. The normalized spacial score (nSPS) is 15.3. The predicted octanol–water partition coefficient (Wildman–Crippen LogP) is 2.89. The van der Waals surface area contributed by atoms with Crippen LogP contribution in [0.15, 0.2) is 29.2 Å². The minimum absolute atomic E-state index is 0.0590. The third-order valence-electron chi connectivity index (χ3n) is 3.11. The topological polar surface area (TPSA) is 46.2 Å². The van der Waals surface area contributed by atoms with E-state index >= 15 is 0 Å². The standard InChI is InChI=1S/C13H20ClNO2S/c1-4-12(15-5-2)10(3)18(16,17)13-9-7-6-8-11(13)14/h6-10,12,15H,4-5H2,1-3H3. The molecular formula is C13H20ClNO2S. The average Bonchev–Trinajstić information content (AvgIpc) is 2.35. The Morgan fingerprint density at radius 3 is 2.39 bits per heavy atom. The third kappa shape index (κ3) is 3.25. The van der Waals surface area contributed by atoms with Crippen LogP contribution in [-0.2, 0) is 9.84 Å². The van der Waals surface area contributed by atoms with E-state index < -0.39 is 15.1 Å². The monoisotopic (exact) mass is 289 g/mol. The van der Waals surface area contributed by atoms with Gasteiger partial charge in [0.05, 0.1) is 15.2 Å². The highest BCUT2D eigenvalue weighted by molar-refractivity contribution is 7.92. The number of benzene rings is 1. The lowest BCUT2D eigenvalue weighted by Gasteiger charge is -2.24. The summed E-state index contributed by atoms with van der Waals surface area (Å²) in [5, 5.41) is 2.99. The van der Waals surface area contributed by atoms with E-state index in [4.69, 9.17) is 11.6 Å². The number of sulfone groups is 1. The number of hydrogen-bond acceptors (Lipinski definition) is 3. The molecule has 0 bridgehead atoms. The van der Waals surface area contributed by atoms with Gasteiger partial charge in [0.15, 0.2) is 9.84 Å². The fraction of sp³-hybridized carbons (Fsp3) is 0.538. The summed E-state index contributed by atoms with van der Waals surface area (Å²) in [6, 6.07) is 6.53. The summed E-state index contributed by atoms with van der Waals surface area (Å²) in [6.45, 7) is 6.43. The van der Waals surface area contributed by atoms with E-state index in [9.17, 15) is 8.42 Å². The van der Waals surface area contributed by atoms with Crippen molar-refractivity contribution in [3.8, 4) is 0 Å². The lowest BCUT2D eigenvalue weighted by Crippen LogP contribution is -2.42. The van der Waals surface area contributed by atoms with Crippen molar-refractivity contribution in [2.45, 2.75) is 43.4 Å². The van der Waals surface area contributed by atoms with E-state index in [2.05, 4.69) is 5.32 Å². The van der Waals surface area contributed by atoms with Crippen LogP contribution in [0.5, 0.6) is 0 Å². The van der Waals surface area contributed by atoms with Gasteiger partial charge in [-0.05, 0) is 32.0 Å². The molecule has 0 amide bonds. The van der Waals surface area contributed by atoms with Crippen molar-refractivity contribution in [3.05, 3.63) is 29.3 Å². The summed E-state index contributed by atoms with van der Waals surface area (Å²) in [5.74, 6) is 0. The summed E-state index contributed by atoms with van der Waals surface area (Å²) >= 11 is 5.98. The molecule has 0 heterocycles. The molecular weight excluding hydrogens is 270 g/mol. The summed E-state index contributed by atoms with van der Waals surface area (Å²) in [4.78, 5) is 0.218. The molecule has 0 fully saturated rings. The SMILES string of the molecule is CCNC(CC)C(C)S(=O)(=O)c1ccccc1Cl. The van der Waals surface area contributed by atoms with Gasteiger partial charge in [0.2, 0.25) is 0 Å². The lowest BCUT2D eigenvalue weighted by molar-refractivity contribution is 0.483. The molecule has 1 rings (SSSR count). The molecule has 2 atom stereocenters. The maximum atomic E-state index is 12.5. The van der Waals surface area contributed by atoms with Crippen molar-refractivity contribution < 1.29 is 8.42 Å². The Kier molecular flexibility index (Phi) is 5.63. The fourth-order valence-electron chi connectivity index (χ4n) is 2.00. The van der Waals surface area contributed by atoms with E-state index in [0.29, 0.717) is 0 Å². The number of rotatable bonds is 6. The van der Waals surface area contributed by atoms with Crippen molar-refractivity contribution in [1.82, 2.24) is 5.32 Å². The zero-order valence-electron chi connectivity index (χ0n) is 11.0. The molecule has 102 valence electrons. The zero-order valence-corrected chi connectivity index (χ0v) is 12.6. The maximum absolute atomic E-state index is 12.5.